The third kappa shape index (κ3) is 2.85. The Morgan fingerprint density at radius 2 is 2.46 bits per heavy atom. The lowest BCUT2D eigenvalue weighted by atomic mass is 10.3. The summed E-state index contributed by atoms with van der Waals surface area (Å²) in [6, 6.07) is 0. The Morgan fingerprint density at radius 3 is 3.08 bits per heavy atom. The molecular formula is C8H13N3O2. The summed E-state index contributed by atoms with van der Waals surface area (Å²) in [6.45, 7) is 2.83. The van der Waals surface area contributed by atoms with Gasteiger partial charge in [0.2, 0.25) is 0 Å². The van der Waals surface area contributed by atoms with Crippen molar-refractivity contribution in [2.75, 3.05) is 0 Å². The number of aryl methyl sites for hydroxylation is 1. The fourth-order valence-corrected chi connectivity index (χ4v) is 1.07. The minimum absolute atomic E-state index is 0.00326. The molecule has 0 atom stereocenters. The molecule has 1 rings (SSSR count). The molecule has 0 saturated heterocycles. The van der Waals surface area contributed by atoms with Gasteiger partial charge in [0.25, 0.3) is 0 Å². The zero-order valence-corrected chi connectivity index (χ0v) is 7.60. The van der Waals surface area contributed by atoms with Crippen molar-refractivity contribution in [2.24, 2.45) is 0 Å². The Morgan fingerprint density at radius 1 is 1.69 bits per heavy atom. The molecule has 0 aliphatic carbocycles. The smallest absolute Gasteiger partial charge is 0.309 e. The topological polar surface area (TPSA) is 68.0 Å². The summed E-state index contributed by atoms with van der Waals surface area (Å²) in [5.74, 6) is -0.847. The number of nitrogens with zero attached hydrogens (tertiary/aromatic N) is 3. The lowest BCUT2D eigenvalue weighted by Crippen LogP contribution is -2.09. The van der Waals surface area contributed by atoms with Gasteiger partial charge in [-0.2, -0.15) is 0 Å². The fourth-order valence-electron chi connectivity index (χ4n) is 1.07. The molecule has 0 amide bonds. The van der Waals surface area contributed by atoms with Crippen molar-refractivity contribution in [1.82, 2.24) is 15.0 Å². The van der Waals surface area contributed by atoms with Gasteiger partial charge in [0.15, 0.2) is 0 Å². The van der Waals surface area contributed by atoms with E-state index in [9.17, 15) is 4.79 Å². The molecule has 0 fully saturated rings. The van der Waals surface area contributed by atoms with Gasteiger partial charge in [-0.3, -0.25) is 4.79 Å². The molecule has 5 nitrogen and oxygen atoms in total. The Hall–Kier alpha value is -1.39. The minimum Gasteiger partial charge on any atom is -0.481 e. The summed E-state index contributed by atoms with van der Waals surface area (Å²) in [5, 5.41) is 16.1. The van der Waals surface area contributed by atoms with Crippen LogP contribution in [0.3, 0.4) is 0 Å². The molecule has 1 N–H and O–H groups in total. The number of carboxylic acid groups (broad SMARTS) is 1. The molecule has 1 aromatic rings. The lowest BCUT2D eigenvalue weighted by molar-refractivity contribution is -0.136. The Balaban J connectivity index is 2.60. The van der Waals surface area contributed by atoms with Gasteiger partial charge in [0, 0.05) is 6.54 Å². The summed E-state index contributed by atoms with van der Waals surface area (Å²) in [4.78, 5) is 10.4. The van der Waals surface area contributed by atoms with Crippen LogP contribution in [0.5, 0.6) is 0 Å². The molecule has 0 spiro atoms. The van der Waals surface area contributed by atoms with Crippen molar-refractivity contribution in [1.29, 1.82) is 0 Å². The van der Waals surface area contributed by atoms with Gasteiger partial charge < -0.3 is 5.11 Å². The van der Waals surface area contributed by atoms with E-state index in [0.717, 1.165) is 19.4 Å². The van der Waals surface area contributed by atoms with E-state index in [1.165, 1.54) is 6.20 Å². The van der Waals surface area contributed by atoms with Crippen LogP contribution in [-0.4, -0.2) is 26.1 Å². The van der Waals surface area contributed by atoms with Gasteiger partial charge in [-0.1, -0.05) is 18.6 Å². The molecular weight excluding hydrogens is 170 g/mol. The highest BCUT2D eigenvalue weighted by molar-refractivity contribution is 5.69. The number of carboxylic acids is 1. The third-order valence-corrected chi connectivity index (χ3v) is 1.75. The van der Waals surface area contributed by atoms with Crippen molar-refractivity contribution in [3.05, 3.63) is 11.9 Å². The van der Waals surface area contributed by atoms with Crippen molar-refractivity contribution in [3.8, 4) is 0 Å². The Labute approximate surface area is 76.4 Å². The van der Waals surface area contributed by atoms with Gasteiger partial charge >= 0.3 is 5.97 Å². The highest BCUT2D eigenvalue weighted by Crippen LogP contribution is 2.00. The molecule has 1 heterocycles. The Bertz CT molecular complexity index is 283. The van der Waals surface area contributed by atoms with Gasteiger partial charge in [-0.05, 0) is 6.42 Å². The number of aromatic nitrogens is 3. The summed E-state index contributed by atoms with van der Waals surface area (Å²) in [5.41, 5.74) is 0.668. The quantitative estimate of drug-likeness (QED) is 0.729. The molecule has 0 bridgehead atoms. The van der Waals surface area contributed by atoms with Crippen LogP contribution in [0.15, 0.2) is 6.20 Å². The maximum atomic E-state index is 10.4. The van der Waals surface area contributed by atoms with E-state index >= 15 is 0 Å². The number of rotatable bonds is 5. The van der Waals surface area contributed by atoms with Crippen molar-refractivity contribution in [2.45, 2.75) is 32.7 Å². The normalized spacial score (nSPS) is 10.2. The van der Waals surface area contributed by atoms with E-state index in [2.05, 4.69) is 17.2 Å². The first-order valence-electron chi connectivity index (χ1n) is 4.33. The van der Waals surface area contributed by atoms with Crippen LogP contribution in [0.4, 0.5) is 0 Å². The van der Waals surface area contributed by atoms with E-state index in [-0.39, 0.29) is 6.42 Å². The van der Waals surface area contributed by atoms with E-state index in [0.29, 0.717) is 5.69 Å². The van der Waals surface area contributed by atoms with Crippen LogP contribution >= 0.6 is 0 Å². The number of unbranched alkanes of at least 4 members (excludes halogenated alkanes) is 1. The monoisotopic (exact) mass is 183 g/mol. The molecule has 72 valence electrons. The molecule has 0 radical (unpaired) electrons. The van der Waals surface area contributed by atoms with Crippen molar-refractivity contribution >= 4 is 5.97 Å². The van der Waals surface area contributed by atoms with E-state index < -0.39 is 5.97 Å². The lowest BCUT2D eigenvalue weighted by Gasteiger charge is -2.01. The summed E-state index contributed by atoms with van der Waals surface area (Å²) < 4.78 is 1.65. The summed E-state index contributed by atoms with van der Waals surface area (Å²) >= 11 is 0. The number of hydrogen-bond acceptors (Lipinski definition) is 3. The standard InChI is InChI=1S/C8H13N3O2/c1-2-3-4-11-7(5-8(12)13)6-9-10-11/h6H,2-5H2,1H3,(H,12,13). The van der Waals surface area contributed by atoms with Crippen LogP contribution < -0.4 is 0 Å². The molecule has 0 unspecified atom stereocenters. The maximum Gasteiger partial charge on any atom is 0.309 e. The highest BCUT2D eigenvalue weighted by atomic mass is 16.4. The van der Waals surface area contributed by atoms with Gasteiger partial charge in [-0.25, -0.2) is 4.68 Å². The SMILES string of the molecule is CCCCn1nncc1CC(=O)O. The fraction of sp³-hybridized carbons (Fsp3) is 0.625. The first-order valence-corrected chi connectivity index (χ1v) is 4.33. The first-order chi connectivity index (χ1) is 6.24. The zero-order chi connectivity index (χ0) is 9.68. The predicted octanol–water partition coefficient (Wildman–Crippen LogP) is 0.705. The van der Waals surface area contributed by atoms with E-state index in [4.69, 9.17) is 5.11 Å². The third-order valence-electron chi connectivity index (χ3n) is 1.75. The van der Waals surface area contributed by atoms with Crippen LogP contribution in [-0.2, 0) is 17.8 Å². The molecule has 0 saturated carbocycles. The average Bonchev–Trinajstić information content (AvgIpc) is 2.48. The predicted molar refractivity (Wildman–Crippen MR) is 46.3 cm³/mol. The highest BCUT2D eigenvalue weighted by Gasteiger charge is 2.06. The van der Waals surface area contributed by atoms with Crippen molar-refractivity contribution in [3.63, 3.8) is 0 Å². The van der Waals surface area contributed by atoms with Crippen LogP contribution in [0.25, 0.3) is 0 Å². The minimum atomic E-state index is -0.847. The molecule has 1 aromatic heterocycles. The van der Waals surface area contributed by atoms with Gasteiger partial charge in [-0.15, -0.1) is 5.10 Å². The van der Waals surface area contributed by atoms with Gasteiger partial charge in [0.05, 0.1) is 18.3 Å². The van der Waals surface area contributed by atoms with Crippen molar-refractivity contribution < 1.29 is 9.90 Å². The maximum absolute atomic E-state index is 10.4. The second kappa shape index (κ2) is 4.59. The summed E-state index contributed by atoms with van der Waals surface area (Å²) in [7, 11) is 0. The average molecular weight is 183 g/mol. The van der Waals surface area contributed by atoms with Crippen LogP contribution in [0, 0.1) is 0 Å². The first kappa shape index (κ1) is 9.70. The molecule has 0 aliphatic heterocycles. The van der Waals surface area contributed by atoms with Crippen LogP contribution in [0.1, 0.15) is 25.5 Å². The van der Waals surface area contributed by atoms with Crippen LogP contribution in [0.2, 0.25) is 0 Å². The van der Waals surface area contributed by atoms with E-state index in [1.54, 1.807) is 4.68 Å². The zero-order valence-electron chi connectivity index (χ0n) is 7.60. The molecule has 0 aromatic carbocycles. The Kier molecular flexibility index (Phi) is 3.42. The second-order valence-corrected chi connectivity index (χ2v) is 2.87. The second-order valence-electron chi connectivity index (χ2n) is 2.87. The summed E-state index contributed by atoms with van der Waals surface area (Å²) in [6.07, 6.45) is 3.56. The largest absolute Gasteiger partial charge is 0.481 e. The number of aliphatic carboxylic acids is 1. The van der Waals surface area contributed by atoms with Gasteiger partial charge in [0.1, 0.15) is 0 Å². The van der Waals surface area contributed by atoms with E-state index in [1.807, 2.05) is 0 Å². The number of hydrogen-bond donors (Lipinski definition) is 1. The molecule has 13 heavy (non-hydrogen) atoms. The molecule has 0 aliphatic rings. The molecule has 5 heteroatoms. The number of carbonyl (C=O) groups is 1.